The van der Waals surface area contributed by atoms with Gasteiger partial charge in [0.1, 0.15) is 6.61 Å². The Morgan fingerprint density at radius 1 is 1.09 bits per heavy atom. The molecular weight excluding hydrogens is 420 g/mol. The van der Waals surface area contributed by atoms with E-state index in [-0.39, 0.29) is 24.3 Å². The van der Waals surface area contributed by atoms with E-state index in [1.807, 2.05) is 29.2 Å². The van der Waals surface area contributed by atoms with Gasteiger partial charge in [0.05, 0.1) is 6.10 Å². The molecule has 176 valence electrons. The van der Waals surface area contributed by atoms with E-state index in [0.717, 1.165) is 63.1 Å². The molecule has 1 aromatic carbocycles. The van der Waals surface area contributed by atoms with Crippen molar-refractivity contribution in [2.24, 2.45) is 5.92 Å². The lowest BCUT2D eigenvalue weighted by atomic mass is 9.94. The summed E-state index contributed by atoms with van der Waals surface area (Å²) in [5, 5.41) is 2.33. The lowest BCUT2D eigenvalue weighted by Gasteiger charge is -2.36. The maximum Gasteiger partial charge on any atom is 0.328 e. The van der Waals surface area contributed by atoms with Gasteiger partial charge in [-0.2, -0.15) is 0 Å². The van der Waals surface area contributed by atoms with Crippen LogP contribution in [0.4, 0.5) is 10.5 Å². The minimum absolute atomic E-state index is 0.127. The van der Waals surface area contributed by atoms with Gasteiger partial charge in [-0.15, -0.1) is 0 Å². The van der Waals surface area contributed by atoms with Gasteiger partial charge in [0.2, 0.25) is 11.8 Å². The molecule has 3 aliphatic rings. The average Bonchev–Trinajstić information content (AvgIpc) is 2.82. The molecule has 3 fully saturated rings. The van der Waals surface area contributed by atoms with E-state index < -0.39 is 6.03 Å². The number of nitrogens with zero attached hydrogens (tertiary/aromatic N) is 3. The first-order valence-electron chi connectivity index (χ1n) is 11.8. The third kappa shape index (κ3) is 6.12. The van der Waals surface area contributed by atoms with Crippen LogP contribution in [0.5, 0.6) is 0 Å². The average molecular weight is 453 g/mol. The van der Waals surface area contributed by atoms with E-state index in [9.17, 15) is 14.4 Å². The van der Waals surface area contributed by atoms with E-state index in [2.05, 4.69) is 29.1 Å². The molecule has 1 N–H and O–H groups in total. The highest BCUT2D eigenvalue weighted by Crippen LogP contribution is 2.22. The Hall–Kier alpha value is -2.89. The zero-order valence-electron chi connectivity index (χ0n) is 19.2. The summed E-state index contributed by atoms with van der Waals surface area (Å²) in [7, 11) is 2.11. The van der Waals surface area contributed by atoms with Crippen LogP contribution in [0.25, 0.3) is 0 Å². The first kappa shape index (κ1) is 23.3. The minimum Gasteiger partial charge on any atom is -0.365 e. The predicted molar refractivity (Wildman–Crippen MR) is 125 cm³/mol. The Morgan fingerprint density at radius 3 is 2.58 bits per heavy atom. The zero-order valence-corrected chi connectivity index (χ0v) is 19.2. The fraction of sp³-hybridized carbons (Fsp3) is 0.560. The summed E-state index contributed by atoms with van der Waals surface area (Å²) < 4.78 is 5.94. The van der Waals surface area contributed by atoms with Crippen LogP contribution in [0, 0.1) is 17.8 Å². The van der Waals surface area contributed by atoms with Gasteiger partial charge in [-0.3, -0.25) is 19.8 Å². The molecule has 3 saturated heterocycles. The van der Waals surface area contributed by atoms with Crippen LogP contribution in [-0.2, 0) is 14.3 Å². The van der Waals surface area contributed by atoms with Crippen molar-refractivity contribution in [1.82, 2.24) is 15.1 Å². The monoisotopic (exact) mass is 452 g/mol. The molecule has 0 unspecified atom stereocenters. The molecule has 33 heavy (non-hydrogen) atoms. The Labute approximate surface area is 195 Å². The van der Waals surface area contributed by atoms with Crippen molar-refractivity contribution in [2.75, 3.05) is 51.3 Å². The minimum atomic E-state index is -0.402. The number of piperidine rings is 2. The van der Waals surface area contributed by atoms with Crippen molar-refractivity contribution < 1.29 is 19.1 Å². The number of rotatable bonds is 4. The number of urea groups is 1. The molecule has 0 spiro atoms. The molecule has 4 rings (SSSR count). The number of amides is 4. The van der Waals surface area contributed by atoms with Crippen LogP contribution in [0.15, 0.2) is 24.3 Å². The first-order chi connectivity index (χ1) is 16.0. The Bertz CT molecular complexity index is 937. The van der Waals surface area contributed by atoms with Gasteiger partial charge in [-0.25, -0.2) is 4.79 Å². The summed E-state index contributed by atoms with van der Waals surface area (Å²) in [5.74, 6) is 6.39. The highest BCUT2D eigenvalue weighted by molar-refractivity contribution is 6.05. The van der Waals surface area contributed by atoms with Gasteiger partial charge < -0.3 is 14.5 Å². The summed E-state index contributed by atoms with van der Waals surface area (Å²) >= 11 is 0. The Kier molecular flexibility index (Phi) is 7.63. The van der Waals surface area contributed by atoms with Crippen LogP contribution in [-0.4, -0.2) is 80.1 Å². The number of carbonyl (C=O) groups excluding carboxylic acids is 3. The third-order valence-electron chi connectivity index (χ3n) is 6.66. The molecule has 8 heteroatoms. The van der Waals surface area contributed by atoms with E-state index in [1.165, 1.54) is 0 Å². The highest BCUT2D eigenvalue weighted by atomic mass is 16.5. The topological polar surface area (TPSA) is 82.2 Å². The van der Waals surface area contributed by atoms with Crippen LogP contribution in [0.3, 0.4) is 0 Å². The van der Waals surface area contributed by atoms with Gasteiger partial charge in [0, 0.05) is 43.2 Å². The first-order valence-corrected chi connectivity index (χ1v) is 11.8. The van der Waals surface area contributed by atoms with Gasteiger partial charge >= 0.3 is 6.03 Å². The van der Waals surface area contributed by atoms with Crippen molar-refractivity contribution in [3.63, 3.8) is 0 Å². The Balaban J connectivity index is 1.21. The molecule has 3 heterocycles. The number of ether oxygens (including phenoxy) is 1. The lowest BCUT2D eigenvalue weighted by Crippen LogP contribution is -2.49. The molecule has 0 aromatic heterocycles. The number of hydrogen-bond donors (Lipinski definition) is 1. The second-order valence-corrected chi connectivity index (χ2v) is 9.02. The lowest BCUT2D eigenvalue weighted by molar-refractivity contribution is -0.139. The summed E-state index contributed by atoms with van der Waals surface area (Å²) in [5.41, 5.74) is 1.51. The van der Waals surface area contributed by atoms with Crippen molar-refractivity contribution in [3.8, 4) is 11.8 Å². The number of nitrogens with one attached hydrogen (secondary N) is 1. The maximum absolute atomic E-state index is 12.8. The second-order valence-electron chi connectivity index (χ2n) is 9.02. The van der Waals surface area contributed by atoms with Crippen molar-refractivity contribution in [1.29, 1.82) is 0 Å². The fourth-order valence-electron chi connectivity index (χ4n) is 4.62. The number of likely N-dealkylation sites (tertiary alicyclic amines) is 2. The molecule has 0 atom stereocenters. The maximum atomic E-state index is 12.8. The molecule has 0 bridgehead atoms. The van der Waals surface area contributed by atoms with E-state index >= 15 is 0 Å². The number of hydrogen-bond acceptors (Lipinski definition) is 5. The Morgan fingerprint density at radius 2 is 1.85 bits per heavy atom. The SMILES string of the molecule is CN1CCC(C(=O)N2CCC(OCC#Cc3cccc(N4CCC(=O)NC4=O)c3)CC2)CC1. The molecule has 8 nitrogen and oxygen atoms in total. The molecule has 0 saturated carbocycles. The molecule has 3 aliphatic heterocycles. The summed E-state index contributed by atoms with van der Waals surface area (Å²) in [6, 6.07) is 7.01. The third-order valence-corrected chi connectivity index (χ3v) is 6.66. The summed E-state index contributed by atoms with van der Waals surface area (Å²) in [6.07, 6.45) is 4.03. The van der Waals surface area contributed by atoms with Crippen LogP contribution >= 0.6 is 0 Å². The normalized spacial score (nSPS) is 20.9. The number of imide groups is 1. The van der Waals surface area contributed by atoms with E-state index in [0.29, 0.717) is 19.1 Å². The van der Waals surface area contributed by atoms with Crippen LogP contribution in [0.2, 0.25) is 0 Å². The van der Waals surface area contributed by atoms with Crippen molar-refractivity contribution in [3.05, 3.63) is 29.8 Å². The largest absolute Gasteiger partial charge is 0.365 e. The summed E-state index contributed by atoms with van der Waals surface area (Å²) in [6.45, 7) is 4.21. The number of benzene rings is 1. The van der Waals surface area contributed by atoms with Crippen molar-refractivity contribution in [2.45, 2.75) is 38.2 Å². The number of anilines is 1. The van der Waals surface area contributed by atoms with Crippen LogP contribution < -0.4 is 10.2 Å². The standard InChI is InChI=1S/C25H32N4O4/c1-27-12-7-20(8-13-27)24(31)28-14-9-22(10-15-28)33-17-3-5-19-4-2-6-21(18-19)29-16-11-23(30)26-25(29)32/h2,4,6,18,20,22H,7-17H2,1H3,(H,26,30,32). The number of carbonyl (C=O) groups is 3. The summed E-state index contributed by atoms with van der Waals surface area (Å²) in [4.78, 5) is 42.0. The second kappa shape index (κ2) is 10.8. The van der Waals surface area contributed by atoms with Gasteiger partial charge in [-0.05, 0) is 64.0 Å². The van der Waals surface area contributed by atoms with Crippen LogP contribution in [0.1, 0.15) is 37.7 Å². The van der Waals surface area contributed by atoms with Crippen molar-refractivity contribution >= 4 is 23.5 Å². The fourth-order valence-corrected chi connectivity index (χ4v) is 4.62. The van der Waals surface area contributed by atoms with Gasteiger partial charge in [0.15, 0.2) is 0 Å². The van der Waals surface area contributed by atoms with Gasteiger partial charge in [-0.1, -0.05) is 17.9 Å². The quantitative estimate of drug-likeness (QED) is 0.705. The molecule has 0 radical (unpaired) electrons. The van der Waals surface area contributed by atoms with E-state index in [1.54, 1.807) is 4.90 Å². The smallest absolute Gasteiger partial charge is 0.328 e. The molecular formula is C25H32N4O4. The zero-order chi connectivity index (χ0) is 23.2. The molecule has 0 aliphatic carbocycles. The molecule has 4 amide bonds. The van der Waals surface area contributed by atoms with Gasteiger partial charge in [0.25, 0.3) is 0 Å². The predicted octanol–water partition coefficient (Wildman–Crippen LogP) is 1.83. The molecule has 1 aromatic rings. The highest BCUT2D eigenvalue weighted by Gasteiger charge is 2.30. The van der Waals surface area contributed by atoms with E-state index in [4.69, 9.17) is 4.74 Å².